The number of aryl methyl sites for hydroxylation is 1. The van der Waals surface area contributed by atoms with Gasteiger partial charge in [0.15, 0.2) is 0 Å². The number of rotatable bonds is 6. The fraction of sp³-hybridized carbons (Fsp3) is 0.636. The van der Waals surface area contributed by atoms with Gasteiger partial charge in [-0.15, -0.1) is 0 Å². The molecule has 0 aliphatic heterocycles. The molecule has 0 aliphatic rings. The molecule has 4 heteroatoms. The Morgan fingerprint density at radius 2 is 2.20 bits per heavy atom. The van der Waals surface area contributed by atoms with E-state index < -0.39 is 0 Å². The maximum absolute atomic E-state index is 5.28. The Balaban J connectivity index is 2.62. The molecule has 84 valence electrons. The fourth-order valence-electron chi connectivity index (χ4n) is 1.39. The van der Waals surface area contributed by atoms with Crippen LogP contribution in [0.15, 0.2) is 6.07 Å². The first-order chi connectivity index (χ1) is 7.26. The smallest absolute Gasteiger partial charge is 0.131 e. The third-order valence-electron chi connectivity index (χ3n) is 1.99. The van der Waals surface area contributed by atoms with E-state index in [1.54, 1.807) is 0 Å². The predicted octanol–water partition coefficient (Wildman–Crippen LogP) is 1.08. The molecule has 0 aromatic carbocycles. The molecule has 0 aliphatic carbocycles. The summed E-state index contributed by atoms with van der Waals surface area (Å²) >= 11 is 0. The molecular weight excluding hydrogens is 190 g/mol. The number of nitrogens with one attached hydrogen (secondary N) is 1. The quantitative estimate of drug-likeness (QED) is 0.712. The second-order valence-electron chi connectivity index (χ2n) is 3.39. The van der Waals surface area contributed by atoms with Crippen LogP contribution in [0.1, 0.15) is 24.1 Å². The molecule has 4 nitrogen and oxygen atoms in total. The Labute approximate surface area is 91.1 Å². The van der Waals surface area contributed by atoms with Crippen LogP contribution in [0.5, 0.6) is 0 Å². The molecule has 15 heavy (non-hydrogen) atoms. The van der Waals surface area contributed by atoms with Crippen molar-refractivity contribution in [1.82, 2.24) is 15.3 Å². The van der Waals surface area contributed by atoms with Crippen LogP contribution < -0.4 is 5.32 Å². The summed E-state index contributed by atoms with van der Waals surface area (Å²) in [5.74, 6) is 0.869. The van der Waals surface area contributed by atoms with Gasteiger partial charge in [-0.25, -0.2) is 9.97 Å². The third kappa shape index (κ3) is 4.36. The Morgan fingerprint density at radius 3 is 2.87 bits per heavy atom. The van der Waals surface area contributed by atoms with Crippen LogP contribution in [0.4, 0.5) is 0 Å². The lowest BCUT2D eigenvalue weighted by molar-refractivity contribution is 0.149. The molecule has 0 bridgehead atoms. The Morgan fingerprint density at radius 1 is 1.40 bits per heavy atom. The largest absolute Gasteiger partial charge is 0.381 e. The van der Waals surface area contributed by atoms with Gasteiger partial charge in [0.2, 0.25) is 0 Å². The van der Waals surface area contributed by atoms with E-state index in [0.717, 1.165) is 36.8 Å². The third-order valence-corrected chi connectivity index (χ3v) is 1.99. The number of hydrogen-bond acceptors (Lipinski definition) is 4. The highest BCUT2D eigenvalue weighted by molar-refractivity contribution is 5.10. The van der Waals surface area contributed by atoms with Crippen molar-refractivity contribution < 1.29 is 4.74 Å². The Kier molecular flexibility index (Phi) is 5.21. The van der Waals surface area contributed by atoms with Crippen molar-refractivity contribution in [2.24, 2.45) is 0 Å². The molecule has 0 unspecified atom stereocenters. The van der Waals surface area contributed by atoms with Crippen molar-refractivity contribution in [2.45, 2.75) is 26.8 Å². The monoisotopic (exact) mass is 209 g/mol. The van der Waals surface area contributed by atoms with Crippen molar-refractivity contribution in [1.29, 1.82) is 0 Å². The molecule has 0 amide bonds. The van der Waals surface area contributed by atoms with Crippen molar-refractivity contribution in [3.05, 3.63) is 23.3 Å². The Bertz CT molecular complexity index is 302. The molecule has 1 aromatic heterocycles. The minimum absolute atomic E-state index is 0.693. The average molecular weight is 209 g/mol. The van der Waals surface area contributed by atoms with E-state index in [1.165, 1.54) is 0 Å². The van der Waals surface area contributed by atoms with Crippen molar-refractivity contribution in [3.63, 3.8) is 0 Å². The van der Waals surface area contributed by atoms with Gasteiger partial charge in [-0.2, -0.15) is 0 Å². The van der Waals surface area contributed by atoms with Crippen molar-refractivity contribution >= 4 is 0 Å². The highest BCUT2D eigenvalue weighted by Gasteiger charge is 2.01. The summed E-state index contributed by atoms with van der Waals surface area (Å²) in [5, 5.41) is 3.08. The zero-order valence-electron chi connectivity index (χ0n) is 9.71. The van der Waals surface area contributed by atoms with Gasteiger partial charge in [0.25, 0.3) is 0 Å². The second kappa shape index (κ2) is 6.48. The second-order valence-corrected chi connectivity index (χ2v) is 3.39. The van der Waals surface area contributed by atoms with E-state index in [1.807, 2.05) is 27.0 Å². The Hall–Kier alpha value is -1.00. The molecule has 0 atom stereocenters. The summed E-state index contributed by atoms with van der Waals surface area (Å²) < 4.78 is 5.28. The molecule has 0 spiro atoms. The zero-order valence-corrected chi connectivity index (χ0v) is 9.71. The summed E-state index contributed by atoms with van der Waals surface area (Å²) in [6, 6.07) is 2.00. The van der Waals surface area contributed by atoms with Gasteiger partial charge in [-0.3, -0.25) is 0 Å². The van der Waals surface area contributed by atoms with Crippen molar-refractivity contribution in [3.8, 4) is 0 Å². The van der Waals surface area contributed by atoms with Gasteiger partial charge < -0.3 is 10.1 Å². The number of aromatic nitrogens is 2. The lowest BCUT2D eigenvalue weighted by Gasteiger charge is -2.05. The highest BCUT2D eigenvalue weighted by Crippen LogP contribution is 2.01. The van der Waals surface area contributed by atoms with Gasteiger partial charge >= 0.3 is 0 Å². The minimum atomic E-state index is 0.693. The standard InChI is InChI=1S/C11H19N3O/c1-4-15-6-5-11-13-9(2)7-10(14-11)8-12-3/h7,12H,4-6,8H2,1-3H3. The van der Waals surface area contributed by atoms with Crippen molar-refractivity contribution in [2.75, 3.05) is 20.3 Å². The van der Waals surface area contributed by atoms with Gasteiger partial charge in [-0.1, -0.05) is 0 Å². The molecule has 1 rings (SSSR count). The molecule has 1 N–H and O–H groups in total. The van der Waals surface area contributed by atoms with Crippen LogP contribution in [-0.2, 0) is 17.7 Å². The summed E-state index contributed by atoms with van der Waals surface area (Å²) in [4.78, 5) is 8.81. The average Bonchev–Trinajstić information content (AvgIpc) is 2.18. The number of hydrogen-bond donors (Lipinski definition) is 1. The highest BCUT2D eigenvalue weighted by atomic mass is 16.5. The summed E-state index contributed by atoms with van der Waals surface area (Å²) in [6.07, 6.45) is 0.784. The summed E-state index contributed by atoms with van der Waals surface area (Å²) in [7, 11) is 1.91. The molecule has 0 saturated heterocycles. The van der Waals surface area contributed by atoms with Gasteiger partial charge in [0.1, 0.15) is 5.82 Å². The van der Waals surface area contributed by atoms with Gasteiger partial charge in [-0.05, 0) is 27.0 Å². The first-order valence-electron chi connectivity index (χ1n) is 5.32. The minimum Gasteiger partial charge on any atom is -0.381 e. The number of nitrogens with zero attached hydrogens (tertiary/aromatic N) is 2. The summed E-state index contributed by atoms with van der Waals surface area (Å²) in [5.41, 5.74) is 2.05. The lowest BCUT2D eigenvalue weighted by Crippen LogP contribution is -2.11. The van der Waals surface area contributed by atoms with E-state index in [2.05, 4.69) is 15.3 Å². The normalized spacial score (nSPS) is 10.6. The van der Waals surface area contributed by atoms with E-state index in [9.17, 15) is 0 Å². The van der Waals surface area contributed by atoms with E-state index in [4.69, 9.17) is 4.74 Å². The fourth-order valence-corrected chi connectivity index (χ4v) is 1.39. The van der Waals surface area contributed by atoms with E-state index in [-0.39, 0.29) is 0 Å². The molecular formula is C11H19N3O. The molecule has 0 saturated carbocycles. The van der Waals surface area contributed by atoms with Crippen LogP contribution in [-0.4, -0.2) is 30.2 Å². The molecule has 0 fully saturated rings. The lowest BCUT2D eigenvalue weighted by atomic mass is 10.3. The van der Waals surface area contributed by atoms with Crippen LogP contribution in [0.2, 0.25) is 0 Å². The van der Waals surface area contributed by atoms with Crippen LogP contribution in [0.25, 0.3) is 0 Å². The van der Waals surface area contributed by atoms with Crippen LogP contribution >= 0.6 is 0 Å². The van der Waals surface area contributed by atoms with Crippen LogP contribution in [0.3, 0.4) is 0 Å². The number of ether oxygens (including phenoxy) is 1. The molecule has 1 heterocycles. The zero-order chi connectivity index (χ0) is 11.1. The molecule has 0 radical (unpaired) electrons. The summed E-state index contributed by atoms with van der Waals surface area (Å²) in [6.45, 7) is 6.20. The van der Waals surface area contributed by atoms with Gasteiger partial charge in [0, 0.05) is 25.3 Å². The topological polar surface area (TPSA) is 47.0 Å². The molecule has 1 aromatic rings. The predicted molar refractivity (Wildman–Crippen MR) is 59.7 cm³/mol. The first kappa shape index (κ1) is 12.1. The SMILES string of the molecule is CCOCCc1nc(C)cc(CNC)n1. The first-order valence-corrected chi connectivity index (χ1v) is 5.32. The van der Waals surface area contributed by atoms with Crippen LogP contribution in [0, 0.1) is 6.92 Å². The van der Waals surface area contributed by atoms with Gasteiger partial charge in [0.05, 0.1) is 12.3 Å². The van der Waals surface area contributed by atoms with E-state index in [0.29, 0.717) is 6.61 Å². The maximum Gasteiger partial charge on any atom is 0.131 e. The van der Waals surface area contributed by atoms with E-state index >= 15 is 0 Å². The maximum atomic E-state index is 5.28.